The van der Waals surface area contributed by atoms with Gasteiger partial charge in [0.05, 0.1) is 16.2 Å². The normalized spacial score (nSPS) is 10.7. The van der Waals surface area contributed by atoms with Gasteiger partial charge in [0.2, 0.25) is 0 Å². The molecule has 0 unspecified atom stereocenters. The van der Waals surface area contributed by atoms with Crippen LogP contribution in [0.3, 0.4) is 0 Å². The number of rotatable bonds is 4. The molecule has 2 N–H and O–H groups in total. The van der Waals surface area contributed by atoms with E-state index in [9.17, 15) is 20.0 Å². The summed E-state index contributed by atoms with van der Waals surface area (Å²) in [6.45, 7) is 0. The smallest absolute Gasteiger partial charge is 0.335 e. The lowest BCUT2D eigenvalue weighted by Gasteiger charge is -2.00. The fourth-order valence-corrected chi connectivity index (χ4v) is 1.60. The van der Waals surface area contributed by atoms with E-state index in [0.717, 1.165) is 0 Å². The standard InChI is InChI=1S/C14H10N2O5/c17-13-6-1-9(14(18)19)7-10(13)8-15-11-2-4-12(5-3-11)16(20)21/h1-8,17H,(H,18,19). The lowest BCUT2D eigenvalue weighted by molar-refractivity contribution is -0.384. The molecule has 0 saturated heterocycles. The molecule has 0 radical (unpaired) electrons. The van der Waals surface area contributed by atoms with Gasteiger partial charge >= 0.3 is 5.97 Å². The van der Waals surface area contributed by atoms with E-state index in [1.807, 2.05) is 0 Å². The number of aliphatic imine (C=N–C) groups is 1. The summed E-state index contributed by atoms with van der Waals surface area (Å²) in [5, 5.41) is 29.0. The number of aromatic hydroxyl groups is 1. The van der Waals surface area contributed by atoms with E-state index < -0.39 is 10.9 Å². The molecular weight excluding hydrogens is 276 g/mol. The molecule has 7 nitrogen and oxygen atoms in total. The number of hydrogen-bond donors (Lipinski definition) is 2. The van der Waals surface area contributed by atoms with E-state index in [0.29, 0.717) is 5.69 Å². The first-order valence-electron chi connectivity index (χ1n) is 5.82. The number of carboxylic acids is 1. The summed E-state index contributed by atoms with van der Waals surface area (Å²) in [5.74, 6) is -1.22. The third-order valence-corrected chi connectivity index (χ3v) is 2.69. The second kappa shape index (κ2) is 5.83. The molecule has 0 atom stereocenters. The zero-order chi connectivity index (χ0) is 15.4. The molecule has 0 aliphatic carbocycles. The number of nitrogens with zero attached hydrogens (tertiary/aromatic N) is 2. The fraction of sp³-hybridized carbons (Fsp3) is 0. The number of non-ortho nitro benzene ring substituents is 1. The number of phenols is 1. The molecule has 2 aromatic rings. The maximum atomic E-state index is 10.9. The zero-order valence-electron chi connectivity index (χ0n) is 10.6. The Morgan fingerprint density at radius 1 is 1.19 bits per heavy atom. The molecule has 0 spiro atoms. The summed E-state index contributed by atoms with van der Waals surface area (Å²) >= 11 is 0. The van der Waals surface area contributed by atoms with Crippen molar-refractivity contribution in [2.45, 2.75) is 0 Å². The van der Waals surface area contributed by atoms with Gasteiger partial charge in [0.15, 0.2) is 0 Å². The number of hydrogen-bond acceptors (Lipinski definition) is 5. The largest absolute Gasteiger partial charge is 0.507 e. The fourth-order valence-electron chi connectivity index (χ4n) is 1.60. The molecule has 0 saturated carbocycles. The second-order valence-corrected chi connectivity index (χ2v) is 4.11. The topological polar surface area (TPSA) is 113 Å². The number of benzene rings is 2. The highest BCUT2D eigenvalue weighted by molar-refractivity contribution is 5.93. The Balaban J connectivity index is 2.26. The summed E-state index contributed by atoms with van der Waals surface area (Å²) < 4.78 is 0. The first-order valence-corrected chi connectivity index (χ1v) is 5.82. The lowest BCUT2D eigenvalue weighted by Crippen LogP contribution is -1.97. The summed E-state index contributed by atoms with van der Waals surface area (Å²) in [6, 6.07) is 9.34. The molecule has 2 aromatic carbocycles. The van der Waals surface area contributed by atoms with Gasteiger partial charge in [-0.2, -0.15) is 0 Å². The Labute approximate surface area is 119 Å². The molecule has 0 amide bonds. The van der Waals surface area contributed by atoms with Crippen molar-refractivity contribution in [2.75, 3.05) is 0 Å². The third-order valence-electron chi connectivity index (χ3n) is 2.69. The molecule has 2 rings (SSSR count). The van der Waals surface area contributed by atoms with E-state index >= 15 is 0 Å². The van der Waals surface area contributed by atoms with E-state index in [1.165, 1.54) is 48.7 Å². The number of carboxylic acid groups (broad SMARTS) is 1. The van der Waals surface area contributed by atoms with Gasteiger partial charge in [0.1, 0.15) is 5.75 Å². The molecule has 21 heavy (non-hydrogen) atoms. The Morgan fingerprint density at radius 2 is 1.86 bits per heavy atom. The monoisotopic (exact) mass is 286 g/mol. The predicted molar refractivity (Wildman–Crippen MR) is 75.4 cm³/mol. The van der Waals surface area contributed by atoms with Gasteiger partial charge in [-0.1, -0.05) is 0 Å². The predicted octanol–water partition coefficient (Wildman–Crippen LogP) is 2.75. The highest BCUT2D eigenvalue weighted by atomic mass is 16.6. The van der Waals surface area contributed by atoms with Crippen molar-refractivity contribution in [1.82, 2.24) is 0 Å². The van der Waals surface area contributed by atoms with Gasteiger partial charge in [0.25, 0.3) is 5.69 Å². The van der Waals surface area contributed by atoms with Crippen LogP contribution in [-0.2, 0) is 0 Å². The van der Waals surface area contributed by atoms with Gasteiger partial charge in [-0.15, -0.1) is 0 Å². The van der Waals surface area contributed by atoms with Gasteiger partial charge < -0.3 is 10.2 Å². The average molecular weight is 286 g/mol. The average Bonchev–Trinajstić information content (AvgIpc) is 2.46. The van der Waals surface area contributed by atoms with Crippen molar-refractivity contribution in [1.29, 1.82) is 0 Å². The molecule has 7 heteroatoms. The number of nitro benzene ring substituents is 1. The highest BCUT2D eigenvalue weighted by Gasteiger charge is 2.06. The maximum absolute atomic E-state index is 10.9. The van der Waals surface area contributed by atoms with Crippen LogP contribution < -0.4 is 0 Å². The summed E-state index contributed by atoms with van der Waals surface area (Å²) in [4.78, 5) is 24.9. The molecule has 106 valence electrons. The van der Waals surface area contributed by atoms with E-state index in [4.69, 9.17) is 5.11 Å². The zero-order valence-corrected chi connectivity index (χ0v) is 10.6. The van der Waals surface area contributed by atoms with Crippen LogP contribution >= 0.6 is 0 Å². The molecule has 0 aliphatic rings. The van der Waals surface area contributed by atoms with Crippen molar-refractivity contribution in [3.8, 4) is 5.75 Å². The number of aromatic carboxylic acids is 1. The molecule has 0 bridgehead atoms. The minimum absolute atomic E-state index is 0.0259. The van der Waals surface area contributed by atoms with Crippen LogP contribution in [0.25, 0.3) is 0 Å². The minimum Gasteiger partial charge on any atom is -0.507 e. The molecule has 0 aromatic heterocycles. The van der Waals surface area contributed by atoms with Crippen LogP contribution in [0.1, 0.15) is 15.9 Å². The highest BCUT2D eigenvalue weighted by Crippen LogP contribution is 2.20. The van der Waals surface area contributed by atoms with Crippen LogP contribution in [0.2, 0.25) is 0 Å². The van der Waals surface area contributed by atoms with Crippen molar-refractivity contribution >= 4 is 23.6 Å². The van der Waals surface area contributed by atoms with Crippen LogP contribution in [0.4, 0.5) is 11.4 Å². The van der Waals surface area contributed by atoms with Crippen molar-refractivity contribution in [3.05, 3.63) is 63.7 Å². The van der Waals surface area contributed by atoms with Crippen molar-refractivity contribution in [2.24, 2.45) is 4.99 Å². The molecule has 0 fully saturated rings. The Kier molecular flexibility index (Phi) is 3.94. The second-order valence-electron chi connectivity index (χ2n) is 4.11. The molecule has 0 aliphatic heterocycles. The van der Waals surface area contributed by atoms with Crippen molar-refractivity contribution in [3.63, 3.8) is 0 Å². The maximum Gasteiger partial charge on any atom is 0.335 e. The van der Waals surface area contributed by atoms with Gasteiger partial charge in [-0.05, 0) is 30.3 Å². The number of nitro groups is 1. The molecule has 0 heterocycles. The van der Waals surface area contributed by atoms with Gasteiger partial charge in [-0.3, -0.25) is 15.1 Å². The van der Waals surface area contributed by atoms with Crippen LogP contribution in [0, 0.1) is 10.1 Å². The first kappa shape index (κ1) is 14.2. The van der Waals surface area contributed by atoms with Crippen molar-refractivity contribution < 1.29 is 19.9 Å². The number of carbonyl (C=O) groups is 1. The number of phenolic OH excluding ortho intramolecular Hbond substituents is 1. The molecular formula is C14H10N2O5. The van der Waals surface area contributed by atoms with Crippen LogP contribution in [-0.4, -0.2) is 27.3 Å². The van der Waals surface area contributed by atoms with E-state index in [-0.39, 0.29) is 22.6 Å². The quantitative estimate of drug-likeness (QED) is 0.509. The van der Waals surface area contributed by atoms with E-state index in [1.54, 1.807) is 0 Å². The summed E-state index contributed by atoms with van der Waals surface area (Å²) in [6.07, 6.45) is 1.29. The Bertz CT molecular complexity index is 723. The Morgan fingerprint density at radius 3 is 2.43 bits per heavy atom. The minimum atomic E-state index is -1.11. The summed E-state index contributed by atoms with van der Waals surface area (Å²) in [7, 11) is 0. The first-order chi connectivity index (χ1) is 9.97. The SMILES string of the molecule is O=C(O)c1ccc(O)c(C=Nc2ccc([N+](=O)[O-])cc2)c1. The van der Waals surface area contributed by atoms with Crippen LogP contribution in [0.15, 0.2) is 47.5 Å². The lowest BCUT2D eigenvalue weighted by atomic mass is 10.1. The van der Waals surface area contributed by atoms with Crippen LogP contribution in [0.5, 0.6) is 5.75 Å². The third kappa shape index (κ3) is 3.41. The van der Waals surface area contributed by atoms with Gasteiger partial charge in [0, 0.05) is 23.9 Å². The van der Waals surface area contributed by atoms with Gasteiger partial charge in [-0.25, -0.2) is 4.79 Å². The van der Waals surface area contributed by atoms with E-state index in [2.05, 4.69) is 4.99 Å². The Hall–Kier alpha value is -3.22. The summed E-state index contributed by atoms with van der Waals surface area (Å²) in [5.41, 5.74) is 0.664.